The number of hydrogen-bond donors (Lipinski definition) is 0. The summed E-state index contributed by atoms with van der Waals surface area (Å²) < 4.78 is 2.01. The highest BCUT2D eigenvalue weighted by Gasteiger charge is 2.30. The van der Waals surface area contributed by atoms with E-state index in [-0.39, 0.29) is 5.54 Å². The van der Waals surface area contributed by atoms with Gasteiger partial charge in [0.2, 0.25) is 0 Å². The normalized spacial score (nSPS) is 13.5. The molecule has 4 rings (SSSR count). The van der Waals surface area contributed by atoms with Crippen molar-refractivity contribution in [3.05, 3.63) is 54.1 Å². The van der Waals surface area contributed by atoms with E-state index in [1.807, 2.05) is 4.68 Å². The van der Waals surface area contributed by atoms with Crippen molar-refractivity contribution < 1.29 is 0 Å². The van der Waals surface area contributed by atoms with E-state index < -0.39 is 0 Å². The van der Waals surface area contributed by atoms with Gasteiger partial charge in [0, 0.05) is 35.4 Å². The Kier molecular flexibility index (Phi) is 3.64. The quantitative estimate of drug-likeness (QED) is 0.645. The molecule has 2 aromatic carbocycles. The molecule has 1 aliphatic rings. The van der Waals surface area contributed by atoms with Crippen LogP contribution in [0.2, 0.25) is 0 Å². The molecule has 0 fully saturated rings. The summed E-state index contributed by atoms with van der Waals surface area (Å²) in [6.07, 6.45) is 0. The van der Waals surface area contributed by atoms with Crippen molar-refractivity contribution in [2.75, 3.05) is 4.90 Å². The Balaban J connectivity index is 2.09. The molecule has 0 unspecified atom stereocenters. The lowest BCUT2D eigenvalue weighted by atomic mass is 9.92. The molecule has 0 N–H and O–H groups in total. The largest absolute Gasteiger partial charge is 0.362 e. The Morgan fingerprint density at radius 3 is 2.36 bits per heavy atom. The summed E-state index contributed by atoms with van der Waals surface area (Å²) >= 11 is 0. The molecule has 0 amide bonds. The molecule has 0 aliphatic carbocycles. The predicted octanol–water partition coefficient (Wildman–Crippen LogP) is 4.75. The Morgan fingerprint density at radius 2 is 1.64 bits per heavy atom. The fraction of sp³-hybridized carbons (Fsp3) is 0.333. The third-order valence-corrected chi connectivity index (χ3v) is 4.90. The number of nitrogens with zero attached hydrogens (tertiary/aromatic N) is 4. The van der Waals surface area contributed by atoms with Gasteiger partial charge in [-0.25, -0.2) is 4.68 Å². The summed E-state index contributed by atoms with van der Waals surface area (Å²) in [7, 11) is 0. The summed E-state index contributed by atoms with van der Waals surface area (Å²) in [5, 5.41) is 9.00. The van der Waals surface area contributed by atoms with Crippen LogP contribution in [0.3, 0.4) is 0 Å². The van der Waals surface area contributed by atoms with Crippen LogP contribution in [0.15, 0.2) is 48.5 Å². The first-order chi connectivity index (χ1) is 12.0. The Morgan fingerprint density at radius 1 is 0.960 bits per heavy atom. The molecular formula is C21H24N4. The standard InChI is InChI=1S/C21H24N4/c1-5-25-20-16-11-7-6-10-15(16)14-24(21(2,3)4)18-13-9-8-12-17(18)19(20)22-23-25/h6-13H,5,14H2,1-4H3. The average molecular weight is 332 g/mol. The molecule has 3 aromatic rings. The number of hydrogen-bond acceptors (Lipinski definition) is 3. The predicted molar refractivity (Wildman–Crippen MR) is 103 cm³/mol. The van der Waals surface area contributed by atoms with Crippen molar-refractivity contribution in [3.63, 3.8) is 0 Å². The zero-order chi connectivity index (χ0) is 17.6. The summed E-state index contributed by atoms with van der Waals surface area (Å²) in [4.78, 5) is 2.47. The van der Waals surface area contributed by atoms with E-state index in [9.17, 15) is 0 Å². The van der Waals surface area contributed by atoms with E-state index in [0.29, 0.717) is 0 Å². The highest BCUT2D eigenvalue weighted by Crippen LogP contribution is 2.42. The minimum absolute atomic E-state index is 0.00146. The fourth-order valence-corrected chi connectivity index (χ4v) is 3.63. The molecule has 4 heteroatoms. The minimum atomic E-state index is 0.00146. The van der Waals surface area contributed by atoms with Crippen LogP contribution in [0.1, 0.15) is 33.3 Å². The van der Waals surface area contributed by atoms with E-state index in [0.717, 1.165) is 30.0 Å². The molecule has 0 saturated heterocycles. The maximum atomic E-state index is 4.57. The number of fused-ring (bicyclic) bond motifs is 5. The van der Waals surface area contributed by atoms with Crippen LogP contribution in [0.5, 0.6) is 0 Å². The maximum absolute atomic E-state index is 4.57. The molecular weight excluding hydrogens is 308 g/mol. The topological polar surface area (TPSA) is 34.0 Å². The lowest BCUT2D eigenvalue weighted by Crippen LogP contribution is -2.41. The van der Waals surface area contributed by atoms with E-state index >= 15 is 0 Å². The van der Waals surface area contributed by atoms with Crippen LogP contribution in [0, 0.1) is 0 Å². The maximum Gasteiger partial charge on any atom is 0.123 e. The Bertz CT molecular complexity index is 918. The van der Waals surface area contributed by atoms with Crippen molar-refractivity contribution in [1.29, 1.82) is 0 Å². The summed E-state index contributed by atoms with van der Waals surface area (Å²) in [5.74, 6) is 0. The highest BCUT2D eigenvalue weighted by atomic mass is 15.4. The van der Waals surface area contributed by atoms with Crippen molar-refractivity contribution in [3.8, 4) is 22.5 Å². The van der Waals surface area contributed by atoms with Crippen molar-refractivity contribution in [2.45, 2.75) is 46.3 Å². The van der Waals surface area contributed by atoms with Gasteiger partial charge in [0.25, 0.3) is 0 Å². The molecule has 0 atom stereocenters. The number of rotatable bonds is 1. The van der Waals surface area contributed by atoms with Gasteiger partial charge in [-0.1, -0.05) is 47.7 Å². The van der Waals surface area contributed by atoms with E-state index in [1.165, 1.54) is 16.8 Å². The van der Waals surface area contributed by atoms with E-state index in [4.69, 9.17) is 0 Å². The van der Waals surface area contributed by atoms with Crippen molar-refractivity contribution in [1.82, 2.24) is 15.0 Å². The SMILES string of the molecule is CCn1nnc2c1-c1ccccc1CN(C(C)(C)C)c1ccccc1-2. The zero-order valence-electron chi connectivity index (χ0n) is 15.3. The van der Waals surface area contributed by atoms with Crippen LogP contribution in [-0.2, 0) is 13.1 Å². The Hall–Kier alpha value is -2.62. The second kappa shape index (κ2) is 5.73. The Labute approximate surface area is 149 Å². The van der Waals surface area contributed by atoms with Gasteiger partial charge in [-0.15, -0.1) is 5.10 Å². The molecule has 1 aliphatic heterocycles. The van der Waals surface area contributed by atoms with Gasteiger partial charge in [0.05, 0.1) is 5.69 Å². The number of anilines is 1. The summed E-state index contributed by atoms with van der Waals surface area (Å²) in [5.41, 5.74) is 7.01. The van der Waals surface area contributed by atoms with Crippen LogP contribution in [0.25, 0.3) is 22.5 Å². The smallest absolute Gasteiger partial charge is 0.123 e. The molecule has 2 heterocycles. The number of para-hydroxylation sites is 1. The minimum Gasteiger partial charge on any atom is -0.362 e. The lowest BCUT2D eigenvalue weighted by Gasteiger charge is -2.40. The average Bonchev–Trinajstić information content (AvgIpc) is 3.01. The van der Waals surface area contributed by atoms with Gasteiger partial charge < -0.3 is 4.90 Å². The van der Waals surface area contributed by atoms with Gasteiger partial charge in [-0.3, -0.25) is 0 Å². The fourth-order valence-electron chi connectivity index (χ4n) is 3.63. The van der Waals surface area contributed by atoms with E-state index in [1.54, 1.807) is 0 Å². The third kappa shape index (κ3) is 2.53. The van der Waals surface area contributed by atoms with Crippen LogP contribution in [0.4, 0.5) is 5.69 Å². The first-order valence-electron chi connectivity index (χ1n) is 8.89. The summed E-state index contributed by atoms with van der Waals surface area (Å²) in [6, 6.07) is 17.2. The van der Waals surface area contributed by atoms with Crippen molar-refractivity contribution in [2.24, 2.45) is 0 Å². The first kappa shape index (κ1) is 15.9. The van der Waals surface area contributed by atoms with Gasteiger partial charge in [0.15, 0.2) is 0 Å². The molecule has 0 radical (unpaired) electrons. The molecule has 0 spiro atoms. The van der Waals surface area contributed by atoms with E-state index in [2.05, 4.69) is 91.4 Å². The van der Waals surface area contributed by atoms with Crippen molar-refractivity contribution >= 4 is 5.69 Å². The zero-order valence-corrected chi connectivity index (χ0v) is 15.3. The molecule has 1 aromatic heterocycles. The second-order valence-corrected chi connectivity index (χ2v) is 7.53. The summed E-state index contributed by atoms with van der Waals surface area (Å²) in [6.45, 7) is 10.6. The van der Waals surface area contributed by atoms with Crippen LogP contribution >= 0.6 is 0 Å². The number of aryl methyl sites for hydroxylation is 1. The van der Waals surface area contributed by atoms with Gasteiger partial charge in [0.1, 0.15) is 5.69 Å². The monoisotopic (exact) mass is 332 g/mol. The highest BCUT2D eigenvalue weighted by molar-refractivity contribution is 5.88. The number of aromatic nitrogens is 3. The van der Waals surface area contributed by atoms with Gasteiger partial charge in [-0.05, 0) is 39.3 Å². The van der Waals surface area contributed by atoms with Crippen LogP contribution < -0.4 is 4.90 Å². The second-order valence-electron chi connectivity index (χ2n) is 7.53. The van der Waals surface area contributed by atoms with Crippen LogP contribution in [-0.4, -0.2) is 20.5 Å². The molecule has 0 bridgehead atoms. The number of benzene rings is 2. The van der Waals surface area contributed by atoms with Gasteiger partial charge in [-0.2, -0.15) is 0 Å². The first-order valence-corrected chi connectivity index (χ1v) is 8.89. The molecule has 4 nitrogen and oxygen atoms in total. The lowest BCUT2D eigenvalue weighted by molar-refractivity contribution is 0.501. The van der Waals surface area contributed by atoms with Gasteiger partial charge >= 0.3 is 0 Å². The third-order valence-electron chi connectivity index (χ3n) is 4.90. The molecule has 0 saturated carbocycles. The molecule has 25 heavy (non-hydrogen) atoms. The molecule has 128 valence electrons.